The van der Waals surface area contributed by atoms with Gasteiger partial charge in [0.05, 0.1) is 0 Å². The first kappa shape index (κ1) is 18.9. The molecule has 0 atom stereocenters. The molecule has 0 bridgehead atoms. The number of carbonyl (C=O) groups is 2. The zero-order valence-corrected chi connectivity index (χ0v) is 16.4. The van der Waals surface area contributed by atoms with Gasteiger partial charge in [-0.3, -0.25) is 9.59 Å². The maximum Gasteiger partial charge on any atom is 0.292 e. The highest BCUT2D eigenvalue weighted by atomic mass is 16.5. The summed E-state index contributed by atoms with van der Waals surface area (Å²) >= 11 is 0. The lowest BCUT2D eigenvalue weighted by Crippen LogP contribution is -2.37. The van der Waals surface area contributed by atoms with Crippen LogP contribution in [0.1, 0.15) is 32.9 Å². The monoisotopic (exact) mass is 389 g/mol. The average Bonchev–Trinajstić information content (AvgIpc) is 3.12. The minimum atomic E-state index is -0.190. The molecule has 6 heteroatoms. The van der Waals surface area contributed by atoms with Gasteiger partial charge in [0.1, 0.15) is 5.69 Å². The molecule has 29 heavy (non-hydrogen) atoms. The van der Waals surface area contributed by atoms with Crippen molar-refractivity contribution in [3.05, 3.63) is 77.6 Å². The molecule has 2 aromatic carbocycles. The fraction of sp³-hybridized carbons (Fsp3) is 0.261. The normalized spacial score (nSPS) is 14.5. The third-order valence-electron chi connectivity index (χ3n) is 5.13. The number of hydrogen-bond acceptors (Lipinski definition) is 4. The first-order chi connectivity index (χ1) is 14.1. The Labute approximate surface area is 169 Å². The van der Waals surface area contributed by atoms with Gasteiger partial charge in [0.15, 0.2) is 0 Å². The molecule has 1 aliphatic heterocycles. The van der Waals surface area contributed by atoms with E-state index in [1.165, 1.54) is 0 Å². The molecule has 4 rings (SSSR count). The molecule has 2 amide bonds. The van der Waals surface area contributed by atoms with Crippen molar-refractivity contribution in [2.24, 2.45) is 0 Å². The van der Waals surface area contributed by atoms with E-state index < -0.39 is 0 Å². The summed E-state index contributed by atoms with van der Waals surface area (Å²) in [6.07, 6.45) is 0.725. The van der Waals surface area contributed by atoms with Crippen LogP contribution >= 0.6 is 0 Å². The highest BCUT2D eigenvalue weighted by molar-refractivity contribution is 5.95. The standard InChI is InChI=1S/C23H23N3O3/c1-17-7-5-10-19(15-17)22(27)25-11-6-12-26(14-13-25)23(28)21-16-20(24-29-21)18-8-3-2-4-9-18/h2-5,7-10,15-16H,6,11-14H2,1H3. The summed E-state index contributed by atoms with van der Waals surface area (Å²) in [5.74, 6) is 0.0425. The van der Waals surface area contributed by atoms with Crippen LogP contribution in [0.3, 0.4) is 0 Å². The maximum absolute atomic E-state index is 12.9. The lowest BCUT2D eigenvalue weighted by Gasteiger charge is -2.21. The number of amides is 2. The number of hydrogen-bond donors (Lipinski definition) is 0. The van der Waals surface area contributed by atoms with E-state index in [4.69, 9.17) is 4.52 Å². The third-order valence-corrected chi connectivity index (χ3v) is 5.13. The average molecular weight is 389 g/mol. The maximum atomic E-state index is 12.9. The topological polar surface area (TPSA) is 66.7 Å². The Bertz CT molecular complexity index is 1010. The second-order valence-electron chi connectivity index (χ2n) is 7.25. The van der Waals surface area contributed by atoms with E-state index in [1.54, 1.807) is 11.0 Å². The number of aryl methyl sites for hydroxylation is 1. The molecule has 0 aliphatic carbocycles. The van der Waals surface area contributed by atoms with Crippen LogP contribution in [0.4, 0.5) is 0 Å². The summed E-state index contributed by atoms with van der Waals surface area (Å²) < 4.78 is 5.31. The Morgan fingerprint density at radius 1 is 0.862 bits per heavy atom. The molecule has 1 fully saturated rings. The molecule has 0 N–H and O–H groups in total. The third kappa shape index (κ3) is 4.21. The second-order valence-corrected chi connectivity index (χ2v) is 7.25. The molecule has 0 radical (unpaired) electrons. The predicted octanol–water partition coefficient (Wildman–Crippen LogP) is 3.64. The fourth-order valence-corrected chi connectivity index (χ4v) is 3.56. The predicted molar refractivity (Wildman–Crippen MR) is 110 cm³/mol. The van der Waals surface area contributed by atoms with Gasteiger partial charge < -0.3 is 14.3 Å². The first-order valence-corrected chi connectivity index (χ1v) is 9.79. The van der Waals surface area contributed by atoms with Crippen LogP contribution in [0.15, 0.2) is 65.2 Å². The van der Waals surface area contributed by atoms with E-state index in [1.807, 2.05) is 66.4 Å². The van der Waals surface area contributed by atoms with Gasteiger partial charge in [0.25, 0.3) is 11.8 Å². The summed E-state index contributed by atoms with van der Waals surface area (Å²) in [6, 6.07) is 18.9. The summed E-state index contributed by atoms with van der Waals surface area (Å²) in [6.45, 7) is 4.15. The number of carbonyl (C=O) groups excluding carboxylic acids is 2. The highest BCUT2D eigenvalue weighted by Crippen LogP contribution is 2.20. The molecule has 2 heterocycles. The summed E-state index contributed by atoms with van der Waals surface area (Å²) in [5, 5.41) is 4.03. The van der Waals surface area contributed by atoms with Gasteiger partial charge >= 0.3 is 0 Å². The van der Waals surface area contributed by atoms with Gasteiger partial charge in [-0.25, -0.2) is 0 Å². The van der Waals surface area contributed by atoms with Gasteiger partial charge in [-0.05, 0) is 25.5 Å². The Morgan fingerprint density at radius 3 is 2.31 bits per heavy atom. The molecular formula is C23H23N3O3. The lowest BCUT2D eigenvalue weighted by molar-refractivity contribution is 0.0693. The molecule has 0 saturated carbocycles. The Morgan fingerprint density at radius 2 is 1.59 bits per heavy atom. The molecule has 3 aromatic rings. The molecule has 1 saturated heterocycles. The van der Waals surface area contributed by atoms with Crippen LogP contribution in [0.25, 0.3) is 11.3 Å². The van der Waals surface area contributed by atoms with E-state index in [0.29, 0.717) is 37.4 Å². The van der Waals surface area contributed by atoms with Crippen molar-refractivity contribution < 1.29 is 14.1 Å². The van der Waals surface area contributed by atoms with Gasteiger partial charge in [0, 0.05) is 43.4 Å². The summed E-state index contributed by atoms with van der Waals surface area (Å²) in [7, 11) is 0. The van der Waals surface area contributed by atoms with E-state index in [2.05, 4.69) is 5.16 Å². The van der Waals surface area contributed by atoms with Crippen LogP contribution in [-0.2, 0) is 0 Å². The minimum Gasteiger partial charge on any atom is -0.350 e. The van der Waals surface area contributed by atoms with E-state index in [-0.39, 0.29) is 17.6 Å². The smallest absolute Gasteiger partial charge is 0.292 e. The molecule has 1 aliphatic rings. The lowest BCUT2D eigenvalue weighted by atomic mass is 10.1. The van der Waals surface area contributed by atoms with Crippen LogP contribution in [0.5, 0.6) is 0 Å². The van der Waals surface area contributed by atoms with Gasteiger partial charge in [0.2, 0.25) is 5.76 Å². The molecule has 0 unspecified atom stereocenters. The van der Waals surface area contributed by atoms with Gasteiger partial charge in [-0.1, -0.05) is 53.2 Å². The van der Waals surface area contributed by atoms with Crippen molar-refractivity contribution in [1.82, 2.24) is 15.0 Å². The number of rotatable bonds is 3. The first-order valence-electron chi connectivity index (χ1n) is 9.79. The van der Waals surface area contributed by atoms with E-state index >= 15 is 0 Å². The van der Waals surface area contributed by atoms with Crippen molar-refractivity contribution >= 4 is 11.8 Å². The zero-order chi connectivity index (χ0) is 20.2. The van der Waals surface area contributed by atoms with Crippen LogP contribution in [0.2, 0.25) is 0 Å². The van der Waals surface area contributed by atoms with Gasteiger partial charge in [-0.2, -0.15) is 0 Å². The van der Waals surface area contributed by atoms with Crippen molar-refractivity contribution in [3.63, 3.8) is 0 Å². The Hall–Kier alpha value is -3.41. The number of benzene rings is 2. The molecule has 1 aromatic heterocycles. The molecular weight excluding hydrogens is 366 g/mol. The van der Waals surface area contributed by atoms with Gasteiger partial charge in [-0.15, -0.1) is 0 Å². The van der Waals surface area contributed by atoms with E-state index in [0.717, 1.165) is 17.5 Å². The Kier molecular flexibility index (Phi) is 5.42. The quantitative estimate of drug-likeness (QED) is 0.686. The van der Waals surface area contributed by atoms with Crippen molar-refractivity contribution in [2.45, 2.75) is 13.3 Å². The minimum absolute atomic E-state index is 0.00836. The largest absolute Gasteiger partial charge is 0.350 e. The van der Waals surface area contributed by atoms with E-state index in [9.17, 15) is 9.59 Å². The van der Waals surface area contributed by atoms with Crippen LogP contribution in [-0.4, -0.2) is 52.9 Å². The zero-order valence-electron chi connectivity index (χ0n) is 16.4. The van der Waals surface area contributed by atoms with Crippen LogP contribution < -0.4 is 0 Å². The van der Waals surface area contributed by atoms with Crippen molar-refractivity contribution in [3.8, 4) is 11.3 Å². The van der Waals surface area contributed by atoms with Crippen molar-refractivity contribution in [2.75, 3.05) is 26.2 Å². The highest BCUT2D eigenvalue weighted by Gasteiger charge is 2.26. The van der Waals surface area contributed by atoms with Crippen molar-refractivity contribution in [1.29, 1.82) is 0 Å². The second kappa shape index (κ2) is 8.31. The number of nitrogens with zero attached hydrogens (tertiary/aromatic N) is 3. The SMILES string of the molecule is Cc1cccc(C(=O)N2CCCN(C(=O)c3cc(-c4ccccc4)no3)CC2)c1. The number of aromatic nitrogens is 1. The molecule has 148 valence electrons. The molecule has 0 spiro atoms. The Balaban J connectivity index is 1.43. The summed E-state index contributed by atoms with van der Waals surface area (Å²) in [5.41, 5.74) is 3.29. The fourth-order valence-electron chi connectivity index (χ4n) is 3.56. The summed E-state index contributed by atoms with van der Waals surface area (Å²) in [4.78, 5) is 29.2. The van der Waals surface area contributed by atoms with Crippen LogP contribution in [0, 0.1) is 6.92 Å². The molecule has 6 nitrogen and oxygen atoms in total.